The highest BCUT2D eigenvalue weighted by Crippen LogP contribution is 2.47. The maximum absolute atomic E-state index is 2.63. The van der Waals surface area contributed by atoms with E-state index < -0.39 is 0 Å². The first-order valence-electron chi connectivity index (χ1n) is 15.8. The molecule has 0 N–H and O–H groups in total. The number of benzene rings is 6. The molecular weight excluding hydrogens is 532 g/mol. The zero-order chi connectivity index (χ0) is 29.6. The van der Waals surface area contributed by atoms with Crippen LogP contribution in [0, 0.1) is 6.92 Å². The van der Waals surface area contributed by atoms with Gasteiger partial charge in [-0.15, -0.1) is 0 Å². The minimum atomic E-state index is 0.307. The molecule has 1 unspecified atom stereocenters. The van der Waals surface area contributed by atoms with Crippen LogP contribution >= 0.6 is 0 Å². The van der Waals surface area contributed by atoms with Crippen molar-refractivity contribution >= 4 is 55.1 Å². The second-order valence-corrected chi connectivity index (χ2v) is 12.1. The van der Waals surface area contributed by atoms with Gasteiger partial charge in [-0.05, 0) is 96.6 Å². The van der Waals surface area contributed by atoms with Crippen molar-refractivity contribution in [3.63, 3.8) is 0 Å². The van der Waals surface area contributed by atoms with Gasteiger partial charge in [0, 0.05) is 33.5 Å². The minimum absolute atomic E-state index is 0.307. The summed E-state index contributed by atoms with van der Waals surface area (Å²) in [7, 11) is 0. The Morgan fingerprint density at radius 2 is 1.25 bits per heavy atom. The molecule has 1 atom stereocenters. The van der Waals surface area contributed by atoms with E-state index in [-0.39, 0.29) is 0 Å². The highest BCUT2D eigenvalue weighted by Gasteiger charge is 2.27. The summed E-state index contributed by atoms with van der Waals surface area (Å²) in [6, 6.07) is 38.4. The van der Waals surface area contributed by atoms with Crippen LogP contribution in [0.4, 0.5) is 22.7 Å². The molecule has 2 nitrogen and oxygen atoms in total. The van der Waals surface area contributed by atoms with Crippen molar-refractivity contribution < 1.29 is 0 Å². The first-order chi connectivity index (χ1) is 21.7. The molecular formula is C42H36N2. The van der Waals surface area contributed by atoms with Crippen molar-refractivity contribution in [3.8, 4) is 0 Å². The fourth-order valence-corrected chi connectivity index (χ4v) is 7.32. The van der Waals surface area contributed by atoms with Crippen LogP contribution in [0.2, 0.25) is 0 Å². The number of nitrogens with zero attached hydrogens (tertiary/aromatic N) is 2. The SMILES string of the molecule is CC1=CC=CCC1N(C1=CC=CCC1)c1ccc2ccc3c(N(c4ccccc4)c4ccccc4C)ccc4ccc1c2c43. The predicted octanol–water partition coefficient (Wildman–Crippen LogP) is 11.7. The summed E-state index contributed by atoms with van der Waals surface area (Å²) in [4.78, 5) is 5.06. The molecule has 0 aliphatic heterocycles. The van der Waals surface area contributed by atoms with Crippen molar-refractivity contribution in [2.24, 2.45) is 0 Å². The van der Waals surface area contributed by atoms with Gasteiger partial charge in [0.2, 0.25) is 0 Å². The first-order valence-corrected chi connectivity index (χ1v) is 15.8. The Kier molecular flexibility index (Phi) is 6.56. The third kappa shape index (κ3) is 4.33. The van der Waals surface area contributed by atoms with Gasteiger partial charge in [-0.25, -0.2) is 0 Å². The summed E-state index contributed by atoms with van der Waals surface area (Å²) in [6.45, 7) is 4.49. The molecule has 2 aliphatic carbocycles. The molecule has 0 spiro atoms. The molecule has 0 bridgehead atoms. The van der Waals surface area contributed by atoms with Gasteiger partial charge in [0.05, 0.1) is 11.7 Å². The normalized spacial score (nSPS) is 16.5. The lowest BCUT2D eigenvalue weighted by Gasteiger charge is -2.38. The molecule has 6 aromatic rings. The molecule has 2 aliphatic rings. The summed E-state index contributed by atoms with van der Waals surface area (Å²) < 4.78 is 0. The van der Waals surface area contributed by atoms with Gasteiger partial charge in [0.15, 0.2) is 0 Å². The fourth-order valence-electron chi connectivity index (χ4n) is 7.32. The van der Waals surface area contributed by atoms with Crippen molar-refractivity contribution in [2.45, 2.75) is 39.2 Å². The molecule has 0 heterocycles. The predicted molar refractivity (Wildman–Crippen MR) is 190 cm³/mol. The van der Waals surface area contributed by atoms with Gasteiger partial charge < -0.3 is 9.80 Å². The zero-order valence-corrected chi connectivity index (χ0v) is 25.4. The lowest BCUT2D eigenvalue weighted by Crippen LogP contribution is -2.36. The Hall–Kier alpha value is -5.08. The number of para-hydroxylation sites is 2. The summed E-state index contributed by atoms with van der Waals surface area (Å²) in [5, 5.41) is 7.84. The quantitative estimate of drug-likeness (QED) is 0.184. The summed E-state index contributed by atoms with van der Waals surface area (Å²) in [5.74, 6) is 0. The average Bonchev–Trinajstić information content (AvgIpc) is 3.07. The topological polar surface area (TPSA) is 6.48 Å². The Morgan fingerprint density at radius 1 is 0.591 bits per heavy atom. The Bertz CT molecular complexity index is 2130. The van der Waals surface area contributed by atoms with Gasteiger partial charge >= 0.3 is 0 Å². The molecule has 0 fully saturated rings. The van der Waals surface area contributed by atoms with Gasteiger partial charge in [0.1, 0.15) is 0 Å². The molecule has 0 amide bonds. The lowest BCUT2D eigenvalue weighted by molar-refractivity contribution is 0.691. The summed E-state index contributed by atoms with van der Waals surface area (Å²) in [5.41, 5.74) is 8.91. The zero-order valence-electron chi connectivity index (χ0n) is 25.4. The minimum Gasteiger partial charge on any atom is -0.337 e. The maximum Gasteiger partial charge on any atom is 0.0583 e. The Balaban J connectivity index is 1.40. The lowest BCUT2D eigenvalue weighted by atomic mass is 9.90. The monoisotopic (exact) mass is 568 g/mol. The van der Waals surface area contributed by atoms with Crippen LogP contribution in [-0.4, -0.2) is 6.04 Å². The van der Waals surface area contributed by atoms with E-state index in [0.29, 0.717) is 6.04 Å². The van der Waals surface area contributed by atoms with Crippen LogP contribution in [0.1, 0.15) is 31.7 Å². The van der Waals surface area contributed by atoms with Crippen LogP contribution in [0.3, 0.4) is 0 Å². The van der Waals surface area contributed by atoms with E-state index >= 15 is 0 Å². The van der Waals surface area contributed by atoms with E-state index in [1.54, 1.807) is 0 Å². The highest BCUT2D eigenvalue weighted by molar-refractivity contribution is 6.27. The van der Waals surface area contributed by atoms with Gasteiger partial charge in [-0.3, -0.25) is 0 Å². The molecule has 214 valence electrons. The number of anilines is 4. The molecule has 44 heavy (non-hydrogen) atoms. The molecule has 2 heteroatoms. The third-order valence-electron chi connectivity index (χ3n) is 9.48. The molecule has 0 radical (unpaired) electrons. The summed E-state index contributed by atoms with van der Waals surface area (Å²) in [6.07, 6.45) is 16.8. The number of allylic oxidation sites excluding steroid dienone is 6. The average molecular weight is 569 g/mol. The molecule has 0 saturated carbocycles. The van der Waals surface area contributed by atoms with Crippen molar-refractivity contribution in [2.75, 3.05) is 9.80 Å². The highest BCUT2D eigenvalue weighted by atomic mass is 15.2. The van der Waals surface area contributed by atoms with Crippen LogP contribution < -0.4 is 9.80 Å². The smallest absolute Gasteiger partial charge is 0.0583 e. The molecule has 0 aromatic heterocycles. The number of hydrogen-bond acceptors (Lipinski definition) is 2. The molecule has 6 aromatic carbocycles. The van der Waals surface area contributed by atoms with E-state index in [0.717, 1.165) is 24.9 Å². The van der Waals surface area contributed by atoms with E-state index in [9.17, 15) is 0 Å². The number of rotatable bonds is 6. The van der Waals surface area contributed by atoms with Crippen molar-refractivity contribution in [1.29, 1.82) is 0 Å². The summed E-state index contributed by atoms with van der Waals surface area (Å²) >= 11 is 0. The van der Waals surface area contributed by atoms with Gasteiger partial charge in [0.25, 0.3) is 0 Å². The van der Waals surface area contributed by atoms with Crippen LogP contribution in [0.15, 0.2) is 151 Å². The maximum atomic E-state index is 2.63. The van der Waals surface area contributed by atoms with Crippen LogP contribution in [-0.2, 0) is 0 Å². The van der Waals surface area contributed by atoms with Gasteiger partial charge in [-0.1, -0.05) is 109 Å². The van der Waals surface area contributed by atoms with E-state index in [2.05, 4.69) is 163 Å². The van der Waals surface area contributed by atoms with E-state index in [1.807, 2.05) is 0 Å². The second-order valence-electron chi connectivity index (χ2n) is 12.1. The molecule has 8 rings (SSSR count). The largest absolute Gasteiger partial charge is 0.337 e. The van der Waals surface area contributed by atoms with Crippen LogP contribution in [0.25, 0.3) is 32.3 Å². The second kappa shape index (κ2) is 10.9. The van der Waals surface area contributed by atoms with Crippen LogP contribution in [0.5, 0.6) is 0 Å². The van der Waals surface area contributed by atoms with Crippen molar-refractivity contribution in [3.05, 3.63) is 156 Å². The van der Waals surface area contributed by atoms with E-state index in [1.165, 1.54) is 66.2 Å². The number of hydrogen-bond donors (Lipinski definition) is 0. The number of aryl methyl sites for hydroxylation is 1. The van der Waals surface area contributed by atoms with E-state index in [4.69, 9.17) is 0 Å². The van der Waals surface area contributed by atoms with Crippen molar-refractivity contribution in [1.82, 2.24) is 0 Å². The third-order valence-corrected chi connectivity index (χ3v) is 9.48. The standard InChI is InChI=1S/C42H36N2/c1-29-13-9-11-19-37(29)43(33-15-5-3-6-16-33)39-27-23-31-22-26-36-40(28-24-32-21-25-35(39)41(31)42(32)36)44(34-17-7-4-8-18-34)38-20-12-10-14-30(38)2/h3-7,9-17,19,21-28,38H,8,18,20H2,1-2H3. The Labute approximate surface area is 259 Å². The molecule has 0 saturated heterocycles. The Morgan fingerprint density at radius 3 is 1.95 bits per heavy atom. The fraction of sp³-hybridized carbons (Fsp3) is 0.143. The van der Waals surface area contributed by atoms with Gasteiger partial charge in [-0.2, -0.15) is 0 Å². The first kappa shape index (κ1) is 26.5.